The molecule has 2 aromatic heterocycles. The Morgan fingerprint density at radius 2 is 1.81 bits per heavy atom. The quantitative estimate of drug-likeness (QED) is 0.271. The summed E-state index contributed by atoms with van der Waals surface area (Å²) in [4.78, 5) is 6.31. The molecule has 1 fully saturated rings. The van der Waals surface area contributed by atoms with E-state index in [0.717, 1.165) is 34.8 Å². The van der Waals surface area contributed by atoms with E-state index in [0.29, 0.717) is 21.5 Å². The van der Waals surface area contributed by atoms with Gasteiger partial charge in [-0.25, -0.2) is 0 Å². The number of anilines is 1. The maximum absolute atomic E-state index is 13.4. The van der Waals surface area contributed by atoms with E-state index in [9.17, 15) is 18.3 Å². The van der Waals surface area contributed by atoms with Crippen LogP contribution in [0.15, 0.2) is 72.9 Å². The highest BCUT2D eigenvalue weighted by Crippen LogP contribution is 2.46. The number of aryl methyl sites for hydroxylation is 1. The van der Waals surface area contributed by atoms with Crippen LogP contribution in [0.3, 0.4) is 0 Å². The molecule has 3 heterocycles. The van der Waals surface area contributed by atoms with Gasteiger partial charge in [0.25, 0.3) is 0 Å². The highest BCUT2D eigenvalue weighted by atomic mass is 35.5. The van der Waals surface area contributed by atoms with Crippen LogP contribution in [0.4, 0.5) is 18.9 Å². The van der Waals surface area contributed by atoms with Gasteiger partial charge in [0, 0.05) is 28.3 Å². The highest BCUT2D eigenvalue weighted by Gasteiger charge is 2.43. The topological polar surface area (TPSA) is 53.3 Å². The second kappa shape index (κ2) is 9.39. The maximum atomic E-state index is 13.4. The number of hydrogen-bond acceptors (Lipinski definition) is 3. The van der Waals surface area contributed by atoms with Crippen molar-refractivity contribution in [2.75, 3.05) is 4.90 Å². The van der Waals surface area contributed by atoms with E-state index in [2.05, 4.69) is 10.3 Å². The number of nitrogens with one attached hydrogen (secondary N) is 1. The lowest BCUT2D eigenvalue weighted by molar-refractivity contribution is -0.137. The number of benzene rings is 2. The van der Waals surface area contributed by atoms with Crippen molar-refractivity contribution >= 4 is 34.6 Å². The Labute approximate surface area is 222 Å². The maximum Gasteiger partial charge on any atom is 0.416 e. The molecular formula is C27H22ClF3N4OS. The van der Waals surface area contributed by atoms with E-state index < -0.39 is 23.8 Å². The number of nitrogens with zero attached hydrogens (tertiary/aromatic N) is 3. The first-order chi connectivity index (χ1) is 17.6. The number of aromatic nitrogens is 2. The van der Waals surface area contributed by atoms with Gasteiger partial charge in [-0.3, -0.25) is 4.98 Å². The molecule has 0 aliphatic carbocycles. The van der Waals surface area contributed by atoms with Gasteiger partial charge in [0.2, 0.25) is 0 Å². The van der Waals surface area contributed by atoms with E-state index in [4.69, 9.17) is 23.8 Å². The SMILES string of the molecule is Cc1cc([C@H]2[C@@H](c3ccccn3)NC(=S)N2c2cc(Cl)ccc2O)c(C)n1-c1cccc(C(F)(F)F)c1. The number of halogens is 4. The molecule has 5 nitrogen and oxygen atoms in total. The first kappa shape index (κ1) is 25.1. The largest absolute Gasteiger partial charge is 0.506 e. The number of pyridine rings is 1. The van der Waals surface area contributed by atoms with Crippen LogP contribution in [0.1, 0.15) is 40.3 Å². The van der Waals surface area contributed by atoms with Crippen LogP contribution < -0.4 is 10.2 Å². The second-order valence-corrected chi connectivity index (χ2v) is 9.66. The number of alkyl halides is 3. The number of aromatic hydroxyl groups is 1. The van der Waals surface area contributed by atoms with Crippen LogP contribution in [-0.4, -0.2) is 19.8 Å². The number of phenolic OH excluding ortho intramolecular Hbond substituents is 1. The first-order valence-corrected chi connectivity index (χ1v) is 12.2. The molecule has 4 aromatic rings. The van der Waals surface area contributed by atoms with Gasteiger partial charge in [0.15, 0.2) is 5.11 Å². The van der Waals surface area contributed by atoms with Gasteiger partial charge in [-0.05, 0) is 86.2 Å². The summed E-state index contributed by atoms with van der Waals surface area (Å²) >= 11 is 12.0. The molecule has 2 atom stereocenters. The monoisotopic (exact) mass is 542 g/mol. The van der Waals surface area contributed by atoms with Crippen molar-refractivity contribution in [3.05, 3.63) is 106 Å². The summed E-state index contributed by atoms with van der Waals surface area (Å²) in [6, 6.07) is 16.6. The van der Waals surface area contributed by atoms with E-state index in [-0.39, 0.29) is 5.75 Å². The standard InChI is InChI=1S/C27H22ClF3N4OS/c1-15-12-20(16(2)34(15)19-7-5-6-17(13-19)27(29,30)31)25-24(21-8-3-4-11-32-21)33-26(37)35(25)22-14-18(28)9-10-23(22)36/h3-14,24-25,36H,1-2H3,(H,33,37)/t24-,25+/m1/s1. The minimum Gasteiger partial charge on any atom is -0.506 e. The number of thiocarbonyl (C=S) groups is 1. The molecule has 0 amide bonds. The summed E-state index contributed by atoms with van der Waals surface area (Å²) in [5, 5.41) is 14.8. The highest BCUT2D eigenvalue weighted by molar-refractivity contribution is 7.80. The molecule has 1 saturated heterocycles. The molecule has 5 rings (SSSR count). The molecule has 0 bridgehead atoms. The molecule has 190 valence electrons. The fourth-order valence-corrected chi connectivity index (χ4v) is 5.43. The Morgan fingerprint density at radius 1 is 1.03 bits per heavy atom. The average Bonchev–Trinajstić information content (AvgIpc) is 3.35. The number of rotatable bonds is 4. The molecule has 1 aliphatic rings. The molecule has 2 N–H and O–H groups in total. The summed E-state index contributed by atoms with van der Waals surface area (Å²) in [7, 11) is 0. The minimum atomic E-state index is -4.46. The van der Waals surface area contributed by atoms with Crippen molar-refractivity contribution in [1.82, 2.24) is 14.9 Å². The molecule has 1 aliphatic heterocycles. The summed E-state index contributed by atoms with van der Waals surface area (Å²) in [5.41, 5.74) is 3.12. The third-order valence-electron chi connectivity index (χ3n) is 6.52. The Hall–Kier alpha value is -3.56. The van der Waals surface area contributed by atoms with Gasteiger partial charge in [-0.15, -0.1) is 0 Å². The third kappa shape index (κ3) is 4.53. The minimum absolute atomic E-state index is 0.00749. The van der Waals surface area contributed by atoms with Crippen molar-refractivity contribution in [1.29, 1.82) is 0 Å². The van der Waals surface area contributed by atoms with Crippen molar-refractivity contribution in [2.24, 2.45) is 0 Å². The van der Waals surface area contributed by atoms with Gasteiger partial charge >= 0.3 is 6.18 Å². The van der Waals surface area contributed by atoms with Crippen molar-refractivity contribution in [2.45, 2.75) is 32.1 Å². The number of hydrogen-bond donors (Lipinski definition) is 2. The Morgan fingerprint density at radius 3 is 2.51 bits per heavy atom. The molecular weight excluding hydrogens is 521 g/mol. The van der Waals surface area contributed by atoms with Crippen LogP contribution >= 0.6 is 23.8 Å². The zero-order valence-corrected chi connectivity index (χ0v) is 21.4. The fourth-order valence-electron chi connectivity index (χ4n) is 4.93. The Balaban J connectivity index is 1.70. The third-order valence-corrected chi connectivity index (χ3v) is 7.07. The molecule has 0 spiro atoms. The van der Waals surface area contributed by atoms with Crippen LogP contribution in [0.25, 0.3) is 5.69 Å². The molecule has 2 aromatic carbocycles. The zero-order valence-electron chi connectivity index (χ0n) is 19.8. The Kier molecular flexibility index (Phi) is 6.37. The summed E-state index contributed by atoms with van der Waals surface area (Å²) in [5.74, 6) is -0.00749. The van der Waals surface area contributed by atoms with Crippen molar-refractivity contribution in [3.8, 4) is 11.4 Å². The molecule has 0 saturated carbocycles. The van der Waals surface area contributed by atoms with Crippen LogP contribution in [0.5, 0.6) is 5.75 Å². The van der Waals surface area contributed by atoms with Gasteiger partial charge in [0.05, 0.1) is 29.0 Å². The summed E-state index contributed by atoms with van der Waals surface area (Å²) < 4.78 is 42.1. The lowest BCUT2D eigenvalue weighted by Gasteiger charge is -2.28. The van der Waals surface area contributed by atoms with E-state index in [1.165, 1.54) is 12.1 Å². The lowest BCUT2D eigenvalue weighted by atomic mass is 9.96. The predicted molar refractivity (Wildman–Crippen MR) is 141 cm³/mol. The lowest BCUT2D eigenvalue weighted by Crippen LogP contribution is -2.29. The van der Waals surface area contributed by atoms with Crippen molar-refractivity contribution < 1.29 is 18.3 Å². The second-order valence-electron chi connectivity index (χ2n) is 8.84. The van der Waals surface area contributed by atoms with Crippen LogP contribution in [0.2, 0.25) is 5.02 Å². The van der Waals surface area contributed by atoms with Crippen LogP contribution in [0, 0.1) is 13.8 Å². The van der Waals surface area contributed by atoms with E-state index >= 15 is 0 Å². The average molecular weight is 543 g/mol. The van der Waals surface area contributed by atoms with Crippen molar-refractivity contribution in [3.63, 3.8) is 0 Å². The molecule has 0 unspecified atom stereocenters. The number of phenols is 1. The van der Waals surface area contributed by atoms with E-state index in [1.807, 2.05) is 38.1 Å². The van der Waals surface area contributed by atoms with Gasteiger partial charge < -0.3 is 19.9 Å². The Bertz CT molecular complexity index is 1490. The summed E-state index contributed by atoms with van der Waals surface area (Å²) in [6.07, 6.45) is -2.77. The molecule has 0 radical (unpaired) electrons. The first-order valence-electron chi connectivity index (χ1n) is 11.4. The molecule has 10 heteroatoms. The zero-order chi connectivity index (χ0) is 26.5. The van der Waals surface area contributed by atoms with Gasteiger partial charge in [-0.1, -0.05) is 23.7 Å². The van der Waals surface area contributed by atoms with E-state index in [1.54, 1.807) is 33.9 Å². The van der Waals surface area contributed by atoms with Crippen LogP contribution in [-0.2, 0) is 6.18 Å². The smallest absolute Gasteiger partial charge is 0.416 e. The predicted octanol–water partition coefficient (Wildman–Crippen LogP) is 7.04. The summed E-state index contributed by atoms with van der Waals surface area (Å²) in [6.45, 7) is 3.70. The normalized spacial score (nSPS) is 17.8. The van der Waals surface area contributed by atoms with Gasteiger partial charge in [0.1, 0.15) is 5.75 Å². The fraction of sp³-hybridized carbons (Fsp3) is 0.185. The molecule has 37 heavy (non-hydrogen) atoms. The van der Waals surface area contributed by atoms with Gasteiger partial charge in [-0.2, -0.15) is 13.2 Å².